The molecule has 8 heteroatoms. The van der Waals surface area contributed by atoms with Crippen molar-refractivity contribution in [3.63, 3.8) is 0 Å². The van der Waals surface area contributed by atoms with Crippen LogP contribution in [0.4, 0.5) is 5.69 Å². The van der Waals surface area contributed by atoms with E-state index in [0.29, 0.717) is 22.2 Å². The lowest BCUT2D eigenvalue weighted by Gasteiger charge is -2.10. The summed E-state index contributed by atoms with van der Waals surface area (Å²) in [7, 11) is 0. The third-order valence-electron chi connectivity index (χ3n) is 3.88. The van der Waals surface area contributed by atoms with Crippen molar-refractivity contribution in [2.24, 2.45) is 5.73 Å². The maximum Gasteiger partial charge on any atom is 0.248 e. The van der Waals surface area contributed by atoms with Crippen LogP contribution in [0.1, 0.15) is 22.8 Å². The number of hydrogen-bond acceptors (Lipinski definition) is 5. The van der Waals surface area contributed by atoms with E-state index >= 15 is 0 Å². The normalized spacial score (nSPS) is 11.8. The lowest BCUT2D eigenvalue weighted by Crippen LogP contribution is -2.22. The van der Waals surface area contributed by atoms with Crippen LogP contribution in [-0.2, 0) is 4.79 Å². The lowest BCUT2D eigenvalue weighted by atomic mass is 10.1. The first-order valence-electron chi connectivity index (χ1n) is 8.29. The number of thioether (sulfide) groups is 1. The molecule has 1 aromatic heterocycles. The maximum atomic E-state index is 12.4. The largest absolute Gasteiger partial charge is 0.366 e. The Hall–Kier alpha value is -3.13. The number of aromatic amines is 1. The summed E-state index contributed by atoms with van der Waals surface area (Å²) < 4.78 is 0. The van der Waals surface area contributed by atoms with Crippen molar-refractivity contribution in [3.8, 4) is 11.4 Å². The molecule has 0 aliphatic heterocycles. The Bertz CT molecular complexity index is 951. The van der Waals surface area contributed by atoms with E-state index in [2.05, 4.69) is 20.5 Å². The molecule has 3 aromatic rings. The Morgan fingerprint density at radius 3 is 2.41 bits per heavy atom. The lowest BCUT2D eigenvalue weighted by molar-refractivity contribution is -0.115. The molecule has 4 N–H and O–H groups in total. The number of primary amides is 1. The molecule has 1 atom stereocenters. The summed E-state index contributed by atoms with van der Waals surface area (Å²) in [5.41, 5.74) is 8.29. The van der Waals surface area contributed by atoms with E-state index in [4.69, 9.17) is 5.73 Å². The second kappa shape index (κ2) is 8.05. The smallest absolute Gasteiger partial charge is 0.248 e. The molecule has 0 aliphatic carbocycles. The molecule has 0 saturated carbocycles. The van der Waals surface area contributed by atoms with Gasteiger partial charge in [-0.2, -0.15) is 0 Å². The topological polar surface area (TPSA) is 114 Å². The number of nitrogens with two attached hydrogens (primary N) is 1. The zero-order valence-corrected chi connectivity index (χ0v) is 15.7. The SMILES string of the molecule is Cc1ccc(-c2nc(S[C@H](C)C(=O)Nc3ccc(C(N)=O)cc3)n[nH]2)cc1. The van der Waals surface area contributed by atoms with Crippen LogP contribution in [0.5, 0.6) is 0 Å². The summed E-state index contributed by atoms with van der Waals surface area (Å²) in [6.45, 7) is 3.80. The van der Waals surface area contributed by atoms with E-state index in [1.807, 2.05) is 31.2 Å². The molecule has 7 nitrogen and oxygen atoms in total. The molecule has 0 bridgehead atoms. The van der Waals surface area contributed by atoms with Gasteiger partial charge in [-0.25, -0.2) is 4.98 Å². The first-order valence-corrected chi connectivity index (χ1v) is 9.17. The zero-order chi connectivity index (χ0) is 19.4. The van der Waals surface area contributed by atoms with Crippen LogP contribution in [-0.4, -0.2) is 32.2 Å². The molecule has 3 rings (SSSR count). The summed E-state index contributed by atoms with van der Waals surface area (Å²) in [6.07, 6.45) is 0. The number of rotatable bonds is 6. The standard InChI is InChI=1S/C19H19N5O2S/c1-11-3-5-14(6-4-11)17-22-19(24-23-17)27-12(2)18(26)21-15-9-7-13(8-10-15)16(20)25/h3-10,12H,1-2H3,(H2,20,25)(H,21,26)(H,22,23,24)/t12-/m1/s1. The van der Waals surface area contributed by atoms with Crippen LogP contribution < -0.4 is 11.1 Å². The highest BCUT2D eigenvalue weighted by Gasteiger charge is 2.18. The van der Waals surface area contributed by atoms with E-state index in [-0.39, 0.29) is 5.91 Å². The van der Waals surface area contributed by atoms with E-state index in [0.717, 1.165) is 5.56 Å². The number of nitrogens with zero attached hydrogens (tertiary/aromatic N) is 2. The van der Waals surface area contributed by atoms with E-state index in [1.54, 1.807) is 31.2 Å². The average molecular weight is 381 g/mol. The van der Waals surface area contributed by atoms with Gasteiger partial charge in [0, 0.05) is 16.8 Å². The number of amides is 2. The van der Waals surface area contributed by atoms with Crippen LogP contribution in [0, 0.1) is 6.92 Å². The van der Waals surface area contributed by atoms with Crippen molar-refractivity contribution in [2.75, 3.05) is 5.32 Å². The van der Waals surface area contributed by atoms with Crippen molar-refractivity contribution in [1.82, 2.24) is 15.2 Å². The van der Waals surface area contributed by atoms with Gasteiger partial charge >= 0.3 is 0 Å². The summed E-state index contributed by atoms with van der Waals surface area (Å²) in [5.74, 6) is -0.0357. The van der Waals surface area contributed by atoms with Crippen LogP contribution in [0.3, 0.4) is 0 Å². The fraction of sp³-hybridized carbons (Fsp3) is 0.158. The fourth-order valence-electron chi connectivity index (χ4n) is 2.31. The molecule has 2 aromatic carbocycles. The molecule has 2 amide bonds. The van der Waals surface area contributed by atoms with E-state index in [9.17, 15) is 9.59 Å². The number of carbonyl (C=O) groups excluding carboxylic acids is 2. The van der Waals surface area contributed by atoms with Crippen molar-refractivity contribution < 1.29 is 9.59 Å². The van der Waals surface area contributed by atoms with E-state index in [1.165, 1.54) is 17.3 Å². The highest BCUT2D eigenvalue weighted by Crippen LogP contribution is 2.24. The van der Waals surface area contributed by atoms with Crippen LogP contribution in [0.2, 0.25) is 0 Å². The van der Waals surface area contributed by atoms with Gasteiger partial charge in [-0.1, -0.05) is 41.6 Å². The molecular weight excluding hydrogens is 362 g/mol. The van der Waals surface area contributed by atoms with Crippen molar-refractivity contribution in [1.29, 1.82) is 0 Å². The van der Waals surface area contributed by atoms with Gasteiger partial charge in [-0.05, 0) is 38.1 Å². The second-order valence-corrected chi connectivity index (χ2v) is 7.33. The Balaban J connectivity index is 1.61. The summed E-state index contributed by atoms with van der Waals surface area (Å²) in [5, 5.41) is 9.96. The van der Waals surface area contributed by atoms with Crippen LogP contribution in [0.25, 0.3) is 11.4 Å². The van der Waals surface area contributed by atoms with Gasteiger partial charge in [0.15, 0.2) is 5.82 Å². The quantitative estimate of drug-likeness (QED) is 0.568. The number of hydrogen-bond donors (Lipinski definition) is 3. The van der Waals surface area contributed by atoms with Gasteiger partial charge in [0.1, 0.15) is 0 Å². The Morgan fingerprint density at radius 2 is 1.78 bits per heavy atom. The predicted octanol–water partition coefficient (Wildman–Crippen LogP) is 3.00. The van der Waals surface area contributed by atoms with Gasteiger partial charge in [0.25, 0.3) is 0 Å². The number of H-pyrrole nitrogens is 1. The molecule has 138 valence electrons. The summed E-state index contributed by atoms with van der Waals surface area (Å²) >= 11 is 1.26. The first kappa shape index (κ1) is 18.7. The first-order chi connectivity index (χ1) is 12.9. The van der Waals surface area contributed by atoms with Crippen LogP contribution in [0.15, 0.2) is 53.7 Å². The highest BCUT2D eigenvalue weighted by atomic mass is 32.2. The van der Waals surface area contributed by atoms with Gasteiger partial charge in [-0.3, -0.25) is 14.7 Å². The minimum Gasteiger partial charge on any atom is -0.366 e. The number of nitrogens with one attached hydrogen (secondary N) is 2. The van der Waals surface area contributed by atoms with E-state index < -0.39 is 11.2 Å². The molecule has 0 radical (unpaired) electrons. The number of aromatic nitrogens is 3. The average Bonchev–Trinajstić information content (AvgIpc) is 3.11. The fourth-order valence-corrected chi connectivity index (χ4v) is 3.04. The van der Waals surface area contributed by atoms with Crippen molar-refractivity contribution >= 4 is 29.3 Å². The van der Waals surface area contributed by atoms with Crippen LogP contribution >= 0.6 is 11.8 Å². The molecule has 0 saturated heterocycles. The molecule has 0 fully saturated rings. The molecule has 0 spiro atoms. The zero-order valence-electron chi connectivity index (χ0n) is 14.9. The minimum absolute atomic E-state index is 0.187. The van der Waals surface area contributed by atoms with Crippen molar-refractivity contribution in [3.05, 3.63) is 59.7 Å². The molecule has 0 aliphatic rings. The Labute approximate surface area is 160 Å². The maximum absolute atomic E-state index is 12.4. The molecule has 27 heavy (non-hydrogen) atoms. The number of benzene rings is 2. The molecular formula is C19H19N5O2S. The van der Waals surface area contributed by atoms with Gasteiger partial charge in [0.05, 0.1) is 5.25 Å². The summed E-state index contributed by atoms with van der Waals surface area (Å²) in [4.78, 5) is 27.9. The third-order valence-corrected chi connectivity index (χ3v) is 4.84. The van der Waals surface area contributed by atoms with Gasteiger partial charge < -0.3 is 11.1 Å². The summed E-state index contributed by atoms with van der Waals surface area (Å²) in [6, 6.07) is 14.4. The monoisotopic (exact) mass is 381 g/mol. The predicted molar refractivity (Wildman–Crippen MR) is 105 cm³/mol. The van der Waals surface area contributed by atoms with Crippen molar-refractivity contribution in [2.45, 2.75) is 24.3 Å². The minimum atomic E-state index is -0.509. The Kier molecular flexibility index (Phi) is 5.56. The van der Waals surface area contributed by atoms with Gasteiger partial charge in [0.2, 0.25) is 17.0 Å². The molecule has 0 unspecified atom stereocenters. The number of anilines is 1. The second-order valence-electron chi connectivity index (χ2n) is 6.02. The number of aryl methyl sites for hydroxylation is 1. The highest BCUT2D eigenvalue weighted by molar-refractivity contribution is 8.00. The molecule has 1 heterocycles. The third kappa shape index (κ3) is 4.73. The van der Waals surface area contributed by atoms with Gasteiger partial charge in [-0.15, -0.1) is 5.10 Å². The number of carbonyl (C=O) groups is 2. The Morgan fingerprint density at radius 1 is 1.11 bits per heavy atom.